The SMILES string of the molecule is CC(=O)c1ccc(-c2ccccc2S)cc1. The van der Waals surface area contributed by atoms with E-state index in [4.69, 9.17) is 0 Å². The molecule has 1 nitrogen and oxygen atoms in total. The fourth-order valence-electron chi connectivity index (χ4n) is 1.60. The van der Waals surface area contributed by atoms with Crippen molar-refractivity contribution in [2.45, 2.75) is 11.8 Å². The molecule has 0 aromatic heterocycles. The third-order valence-corrected chi connectivity index (χ3v) is 2.90. The summed E-state index contributed by atoms with van der Waals surface area (Å²) < 4.78 is 0. The molecule has 0 aliphatic heterocycles. The second kappa shape index (κ2) is 4.54. The molecule has 2 aromatic rings. The summed E-state index contributed by atoms with van der Waals surface area (Å²) in [7, 11) is 0. The number of hydrogen-bond acceptors (Lipinski definition) is 2. The van der Waals surface area contributed by atoms with Gasteiger partial charge in [0.1, 0.15) is 0 Å². The average molecular weight is 228 g/mol. The first-order valence-electron chi connectivity index (χ1n) is 5.08. The summed E-state index contributed by atoms with van der Waals surface area (Å²) in [5, 5.41) is 0. The van der Waals surface area contributed by atoms with Gasteiger partial charge >= 0.3 is 0 Å². The largest absolute Gasteiger partial charge is 0.295 e. The normalized spacial score (nSPS) is 10.1. The van der Waals surface area contributed by atoms with Gasteiger partial charge in [0, 0.05) is 10.5 Å². The summed E-state index contributed by atoms with van der Waals surface area (Å²) in [6.07, 6.45) is 0. The highest BCUT2D eigenvalue weighted by Gasteiger charge is 2.03. The Hall–Kier alpha value is -1.54. The van der Waals surface area contributed by atoms with E-state index in [9.17, 15) is 4.79 Å². The van der Waals surface area contributed by atoms with Crippen molar-refractivity contribution < 1.29 is 4.79 Å². The van der Waals surface area contributed by atoms with Gasteiger partial charge in [0.2, 0.25) is 0 Å². The summed E-state index contributed by atoms with van der Waals surface area (Å²) in [6, 6.07) is 15.5. The Balaban J connectivity index is 2.43. The standard InChI is InChI=1S/C14H12OS/c1-10(15)11-6-8-12(9-7-11)13-4-2-3-5-14(13)16/h2-9,16H,1H3. The lowest BCUT2D eigenvalue weighted by atomic mass is 10.0. The molecule has 0 aliphatic carbocycles. The fraction of sp³-hybridized carbons (Fsp3) is 0.0714. The lowest BCUT2D eigenvalue weighted by Gasteiger charge is -2.05. The van der Waals surface area contributed by atoms with Crippen molar-refractivity contribution in [3.05, 3.63) is 54.1 Å². The molecule has 2 rings (SSSR count). The molecule has 0 saturated carbocycles. The maximum Gasteiger partial charge on any atom is 0.159 e. The molecule has 2 aromatic carbocycles. The zero-order valence-corrected chi connectivity index (χ0v) is 9.87. The third kappa shape index (κ3) is 2.17. The van der Waals surface area contributed by atoms with E-state index in [1.165, 1.54) is 0 Å². The van der Waals surface area contributed by atoms with Crippen LogP contribution in [0.25, 0.3) is 11.1 Å². The Morgan fingerprint density at radius 1 is 1.00 bits per heavy atom. The molecule has 80 valence electrons. The quantitative estimate of drug-likeness (QED) is 0.610. The Morgan fingerprint density at radius 2 is 1.62 bits per heavy atom. The van der Waals surface area contributed by atoms with Crippen LogP contribution < -0.4 is 0 Å². The van der Waals surface area contributed by atoms with Crippen molar-refractivity contribution >= 4 is 18.4 Å². The number of carbonyl (C=O) groups excluding carboxylic acids is 1. The van der Waals surface area contributed by atoms with E-state index < -0.39 is 0 Å². The van der Waals surface area contributed by atoms with E-state index in [0.717, 1.165) is 21.6 Å². The van der Waals surface area contributed by atoms with Gasteiger partial charge in [-0.25, -0.2) is 0 Å². The zero-order valence-electron chi connectivity index (χ0n) is 8.97. The molecule has 0 unspecified atom stereocenters. The monoisotopic (exact) mass is 228 g/mol. The molecule has 0 saturated heterocycles. The fourth-order valence-corrected chi connectivity index (χ4v) is 1.89. The van der Waals surface area contributed by atoms with E-state index in [2.05, 4.69) is 12.6 Å². The van der Waals surface area contributed by atoms with Crippen molar-refractivity contribution in [1.29, 1.82) is 0 Å². The van der Waals surface area contributed by atoms with E-state index >= 15 is 0 Å². The molecule has 0 radical (unpaired) electrons. The highest BCUT2D eigenvalue weighted by Crippen LogP contribution is 2.26. The number of thiol groups is 1. The molecular weight excluding hydrogens is 216 g/mol. The van der Waals surface area contributed by atoms with Crippen LogP contribution in [0, 0.1) is 0 Å². The zero-order chi connectivity index (χ0) is 11.5. The van der Waals surface area contributed by atoms with Crippen LogP contribution in [0.4, 0.5) is 0 Å². The van der Waals surface area contributed by atoms with Crippen LogP contribution in [0.3, 0.4) is 0 Å². The van der Waals surface area contributed by atoms with Gasteiger partial charge in [-0.1, -0.05) is 42.5 Å². The number of hydrogen-bond donors (Lipinski definition) is 1. The van der Waals surface area contributed by atoms with Crippen molar-refractivity contribution in [1.82, 2.24) is 0 Å². The van der Waals surface area contributed by atoms with Gasteiger partial charge < -0.3 is 0 Å². The summed E-state index contributed by atoms with van der Waals surface area (Å²) in [5.41, 5.74) is 2.90. The minimum atomic E-state index is 0.0886. The van der Waals surface area contributed by atoms with Crippen molar-refractivity contribution in [3.63, 3.8) is 0 Å². The predicted octanol–water partition coefficient (Wildman–Crippen LogP) is 3.84. The second-order valence-corrected chi connectivity index (χ2v) is 4.13. The maximum atomic E-state index is 11.1. The minimum Gasteiger partial charge on any atom is -0.295 e. The highest BCUT2D eigenvalue weighted by atomic mass is 32.1. The first kappa shape index (κ1) is 11.0. The van der Waals surface area contributed by atoms with Crippen LogP contribution in [0.5, 0.6) is 0 Å². The summed E-state index contributed by atoms with van der Waals surface area (Å²) in [5.74, 6) is 0.0886. The molecule has 2 heteroatoms. The molecule has 0 spiro atoms. The van der Waals surface area contributed by atoms with Gasteiger partial charge in [0.15, 0.2) is 5.78 Å². The highest BCUT2D eigenvalue weighted by molar-refractivity contribution is 7.80. The maximum absolute atomic E-state index is 11.1. The molecule has 0 heterocycles. The van der Waals surface area contributed by atoms with Crippen molar-refractivity contribution in [2.24, 2.45) is 0 Å². The predicted molar refractivity (Wildman–Crippen MR) is 69.1 cm³/mol. The molecule has 0 fully saturated rings. The lowest BCUT2D eigenvalue weighted by molar-refractivity contribution is 0.101. The minimum absolute atomic E-state index is 0.0886. The number of benzene rings is 2. The number of rotatable bonds is 2. The van der Waals surface area contributed by atoms with E-state index in [0.29, 0.717) is 0 Å². The van der Waals surface area contributed by atoms with Gasteiger partial charge in [-0.3, -0.25) is 4.79 Å². The van der Waals surface area contributed by atoms with Crippen LogP contribution in [-0.4, -0.2) is 5.78 Å². The van der Waals surface area contributed by atoms with Gasteiger partial charge in [-0.05, 0) is 24.1 Å². The summed E-state index contributed by atoms with van der Waals surface area (Å²) in [6.45, 7) is 1.57. The molecule has 0 bridgehead atoms. The topological polar surface area (TPSA) is 17.1 Å². The molecule has 0 N–H and O–H groups in total. The third-order valence-electron chi connectivity index (χ3n) is 2.51. The van der Waals surface area contributed by atoms with E-state index in [-0.39, 0.29) is 5.78 Å². The van der Waals surface area contributed by atoms with E-state index in [1.807, 2.05) is 48.5 Å². The second-order valence-electron chi connectivity index (χ2n) is 3.65. The number of ketones is 1. The van der Waals surface area contributed by atoms with E-state index in [1.54, 1.807) is 6.92 Å². The van der Waals surface area contributed by atoms with Gasteiger partial charge in [0.05, 0.1) is 0 Å². The van der Waals surface area contributed by atoms with Gasteiger partial charge in [-0.15, -0.1) is 12.6 Å². The van der Waals surface area contributed by atoms with Crippen LogP contribution >= 0.6 is 12.6 Å². The van der Waals surface area contributed by atoms with Crippen LogP contribution in [-0.2, 0) is 0 Å². The lowest BCUT2D eigenvalue weighted by Crippen LogP contribution is -1.90. The average Bonchev–Trinajstić information content (AvgIpc) is 2.30. The summed E-state index contributed by atoms with van der Waals surface area (Å²) >= 11 is 4.41. The van der Waals surface area contributed by atoms with Crippen LogP contribution in [0.15, 0.2) is 53.4 Å². The first-order valence-corrected chi connectivity index (χ1v) is 5.52. The van der Waals surface area contributed by atoms with Crippen LogP contribution in [0.2, 0.25) is 0 Å². The van der Waals surface area contributed by atoms with Gasteiger partial charge in [-0.2, -0.15) is 0 Å². The van der Waals surface area contributed by atoms with Gasteiger partial charge in [0.25, 0.3) is 0 Å². The molecular formula is C14H12OS. The Kier molecular flexibility index (Phi) is 3.11. The summed E-state index contributed by atoms with van der Waals surface area (Å²) in [4.78, 5) is 12.1. The smallest absolute Gasteiger partial charge is 0.159 e. The Morgan fingerprint density at radius 3 is 2.19 bits per heavy atom. The molecule has 16 heavy (non-hydrogen) atoms. The van der Waals surface area contributed by atoms with Crippen molar-refractivity contribution in [2.75, 3.05) is 0 Å². The number of carbonyl (C=O) groups is 1. The molecule has 0 amide bonds. The number of Topliss-reactive ketones (excluding diaryl/α,β-unsaturated/α-hetero) is 1. The Labute approximate surface area is 101 Å². The first-order chi connectivity index (χ1) is 7.68. The van der Waals surface area contributed by atoms with Crippen LogP contribution in [0.1, 0.15) is 17.3 Å². The molecule has 0 aliphatic rings. The Bertz CT molecular complexity index is 515. The van der Waals surface area contributed by atoms with Crippen molar-refractivity contribution in [3.8, 4) is 11.1 Å². The molecule has 0 atom stereocenters.